The molecule has 1 rings (SSSR count). The normalized spacial score (nSPS) is 12.0. The maximum atomic E-state index is 8.38. The van der Waals surface area contributed by atoms with Gasteiger partial charge in [0, 0.05) is 18.1 Å². The third kappa shape index (κ3) is 3.95. The van der Waals surface area contributed by atoms with Gasteiger partial charge in [0.1, 0.15) is 5.40 Å². The molecule has 0 saturated carbocycles. The largest absolute Gasteiger partial charge is 0.265 e. The zero-order valence-electron chi connectivity index (χ0n) is 7.60. The second kappa shape index (κ2) is 5.60. The molecular weight excluding hydrogens is 180 g/mol. The maximum Gasteiger partial charge on any atom is 0.133 e. The van der Waals surface area contributed by atoms with Crippen LogP contribution in [-0.4, -0.2) is 10.7 Å². The van der Waals surface area contributed by atoms with Crippen LogP contribution in [0, 0.1) is 16.6 Å². The number of thiocyanates is 1. The fourth-order valence-corrected chi connectivity index (χ4v) is 1.64. The van der Waals surface area contributed by atoms with E-state index in [2.05, 4.69) is 17.3 Å². The number of rotatable bonds is 4. The van der Waals surface area contributed by atoms with Gasteiger partial charge in [0.05, 0.1) is 0 Å². The molecule has 0 aliphatic heterocycles. The summed E-state index contributed by atoms with van der Waals surface area (Å²) in [4.78, 5) is 3.96. The van der Waals surface area contributed by atoms with E-state index in [9.17, 15) is 0 Å². The van der Waals surface area contributed by atoms with Crippen molar-refractivity contribution in [3.8, 4) is 5.40 Å². The SMILES string of the molecule is CC(CSC#N)Cc1ccncc1. The highest BCUT2D eigenvalue weighted by Gasteiger charge is 2.02. The second-order valence-electron chi connectivity index (χ2n) is 3.07. The Morgan fingerprint density at radius 1 is 1.54 bits per heavy atom. The average Bonchev–Trinajstić information content (AvgIpc) is 2.16. The standard InChI is InChI=1S/C10H12N2S/c1-9(7-13-8-11)6-10-2-4-12-5-3-10/h2-5,9H,6-7H2,1H3. The molecule has 0 fully saturated rings. The van der Waals surface area contributed by atoms with Crippen molar-refractivity contribution in [2.24, 2.45) is 5.92 Å². The molecule has 2 nitrogen and oxygen atoms in total. The van der Waals surface area contributed by atoms with E-state index in [-0.39, 0.29) is 0 Å². The first kappa shape index (κ1) is 10.1. The highest BCUT2D eigenvalue weighted by Crippen LogP contribution is 2.12. The number of hydrogen-bond donors (Lipinski definition) is 0. The molecule has 0 aliphatic rings. The lowest BCUT2D eigenvalue weighted by Crippen LogP contribution is -2.02. The van der Waals surface area contributed by atoms with Crippen LogP contribution in [0.3, 0.4) is 0 Å². The van der Waals surface area contributed by atoms with Gasteiger partial charge in [-0.1, -0.05) is 6.92 Å². The summed E-state index contributed by atoms with van der Waals surface area (Å²) in [7, 11) is 0. The molecule has 1 unspecified atom stereocenters. The molecule has 13 heavy (non-hydrogen) atoms. The molecule has 0 aliphatic carbocycles. The summed E-state index contributed by atoms with van der Waals surface area (Å²) in [6.45, 7) is 2.16. The number of thioether (sulfide) groups is 1. The molecule has 0 radical (unpaired) electrons. The van der Waals surface area contributed by atoms with Gasteiger partial charge >= 0.3 is 0 Å². The van der Waals surface area contributed by atoms with Crippen molar-refractivity contribution in [3.63, 3.8) is 0 Å². The van der Waals surface area contributed by atoms with Gasteiger partial charge in [0.15, 0.2) is 0 Å². The van der Waals surface area contributed by atoms with Crippen LogP contribution in [0.15, 0.2) is 24.5 Å². The smallest absolute Gasteiger partial charge is 0.133 e. The van der Waals surface area contributed by atoms with E-state index in [1.807, 2.05) is 12.1 Å². The van der Waals surface area contributed by atoms with Crippen molar-refractivity contribution in [2.75, 3.05) is 5.75 Å². The molecule has 0 N–H and O–H groups in total. The Labute approximate surface area is 83.0 Å². The van der Waals surface area contributed by atoms with Crippen LogP contribution in [0.1, 0.15) is 12.5 Å². The van der Waals surface area contributed by atoms with Crippen molar-refractivity contribution in [2.45, 2.75) is 13.3 Å². The zero-order chi connectivity index (χ0) is 9.52. The summed E-state index contributed by atoms with van der Waals surface area (Å²) < 4.78 is 0. The van der Waals surface area contributed by atoms with Crippen molar-refractivity contribution >= 4 is 11.8 Å². The predicted octanol–water partition coefficient (Wildman–Crippen LogP) is 2.47. The molecule has 0 bridgehead atoms. The first-order valence-electron chi connectivity index (χ1n) is 4.22. The maximum absolute atomic E-state index is 8.38. The summed E-state index contributed by atoms with van der Waals surface area (Å²) in [6.07, 6.45) is 4.64. The van der Waals surface area contributed by atoms with E-state index >= 15 is 0 Å². The lowest BCUT2D eigenvalue weighted by atomic mass is 10.0. The van der Waals surface area contributed by atoms with Crippen LogP contribution in [-0.2, 0) is 6.42 Å². The van der Waals surface area contributed by atoms with Crippen molar-refractivity contribution in [1.82, 2.24) is 4.98 Å². The molecule has 0 aromatic carbocycles. The molecule has 68 valence electrons. The molecular formula is C10H12N2S. The number of pyridine rings is 1. The number of nitriles is 1. The Kier molecular flexibility index (Phi) is 4.34. The molecule has 3 heteroatoms. The first-order chi connectivity index (χ1) is 6.33. The lowest BCUT2D eigenvalue weighted by Gasteiger charge is -2.07. The minimum absolute atomic E-state index is 0.548. The van der Waals surface area contributed by atoms with E-state index in [1.54, 1.807) is 12.4 Å². The van der Waals surface area contributed by atoms with E-state index < -0.39 is 0 Å². The van der Waals surface area contributed by atoms with Crippen LogP contribution < -0.4 is 0 Å². The predicted molar refractivity (Wildman–Crippen MR) is 55.2 cm³/mol. The van der Waals surface area contributed by atoms with E-state index in [1.165, 1.54) is 17.3 Å². The van der Waals surface area contributed by atoms with Crippen LogP contribution in [0.5, 0.6) is 0 Å². The minimum atomic E-state index is 0.548. The Balaban J connectivity index is 2.37. The average molecular weight is 192 g/mol. The molecule has 1 aromatic rings. The third-order valence-electron chi connectivity index (χ3n) is 1.77. The summed E-state index contributed by atoms with van der Waals surface area (Å²) in [5.74, 6) is 1.45. The van der Waals surface area contributed by atoms with E-state index in [4.69, 9.17) is 5.26 Å². The van der Waals surface area contributed by atoms with Crippen molar-refractivity contribution < 1.29 is 0 Å². The van der Waals surface area contributed by atoms with Gasteiger partial charge in [-0.25, -0.2) is 0 Å². The van der Waals surface area contributed by atoms with Gasteiger partial charge in [0.2, 0.25) is 0 Å². The topological polar surface area (TPSA) is 36.7 Å². The van der Waals surface area contributed by atoms with Gasteiger partial charge in [-0.15, -0.1) is 0 Å². The summed E-state index contributed by atoms with van der Waals surface area (Å²) >= 11 is 1.33. The van der Waals surface area contributed by atoms with Crippen LogP contribution in [0.2, 0.25) is 0 Å². The monoisotopic (exact) mass is 192 g/mol. The molecule has 1 heterocycles. The van der Waals surface area contributed by atoms with Crippen LogP contribution in [0.25, 0.3) is 0 Å². The second-order valence-corrected chi connectivity index (χ2v) is 3.87. The summed E-state index contributed by atoms with van der Waals surface area (Å²) in [5, 5.41) is 10.5. The van der Waals surface area contributed by atoms with E-state index in [0.29, 0.717) is 5.92 Å². The van der Waals surface area contributed by atoms with Crippen molar-refractivity contribution in [1.29, 1.82) is 5.26 Å². The van der Waals surface area contributed by atoms with Crippen LogP contribution in [0.4, 0.5) is 0 Å². The molecule has 0 spiro atoms. The Morgan fingerprint density at radius 3 is 2.85 bits per heavy atom. The third-order valence-corrected chi connectivity index (χ3v) is 2.63. The fraction of sp³-hybridized carbons (Fsp3) is 0.400. The highest BCUT2D eigenvalue weighted by atomic mass is 32.2. The quantitative estimate of drug-likeness (QED) is 0.688. The molecule has 0 saturated heterocycles. The molecule has 1 aromatic heterocycles. The fourth-order valence-electron chi connectivity index (χ4n) is 1.16. The Morgan fingerprint density at radius 2 is 2.23 bits per heavy atom. The van der Waals surface area contributed by atoms with Crippen molar-refractivity contribution in [3.05, 3.63) is 30.1 Å². The highest BCUT2D eigenvalue weighted by molar-refractivity contribution is 8.03. The zero-order valence-corrected chi connectivity index (χ0v) is 8.42. The summed E-state index contributed by atoms with van der Waals surface area (Å²) in [6, 6.07) is 4.04. The van der Waals surface area contributed by atoms with Crippen LogP contribution >= 0.6 is 11.8 Å². The van der Waals surface area contributed by atoms with Gasteiger partial charge in [-0.05, 0) is 41.8 Å². The number of aromatic nitrogens is 1. The number of nitrogens with zero attached hydrogens (tertiary/aromatic N) is 2. The lowest BCUT2D eigenvalue weighted by molar-refractivity contribution is 0.659. The first-order valence-corrected chi connectivity index (χ1v) is 5.21. The van der Waals surface area contributed by atoms with E-state index in [0.717, 1.165) is 12.2 Å². The number of hydrogen-bond acceptors (Lipinski definition) is 3. The Hall–Kier alpha value is -1.01. The van der Waals surface area contributed by atoms with Gasteiger partial charge < -0.3 is 0 Å². The van der Waals surface area contributed by atoms with Gasteiger partial charge in [-0.2, -0.15) is 5.26 Å². The Bertz CT molecular complexity index is 279. The molecule has 1 atom stereocenters. The van der Waals surface area contributed by atoms with Gasteiger partial charge in [-0.3, -0.25) is 4.98 Å². The van der Waals surface area contributed by atoms with Gasteiger partial charge in [0.25, 0.3) is 0 Å². The summed E-state index contributed by atoms with van der Waals surface area (Å²) in [5.41, 5.74) is 1.29. The molecule has 0 amide bonds. The minimum Gasteiger partial charge on any atom is -0.265 e.